The number of Topliss-reactive ketones (excluding diaryl/α,β-unsaturated/α-hetero) is 1. The molecule has 0 bridgehead atoms. The lowest BCUT2D eigenvalue weighted by Gasteiger charge is -2.20. The molecule has 0 radical (unpaired) electrons. The molecule has 0 fully saturated rings. The lowest BCUT2D eigenvalue weighted by atomic mass is 10.1. The van der Waals surface area contributed by atoms with Crippen LogP contribution in [-0.2, 0) is 11.3 Å². The molecule has 1 aliphatic heterocycles. The lowest BCUT2D eigenvalue weighted by molar-refractivity contribution is -0.112. The summed E-state index contributed by atoms with van der Waals surface area (Å²) in [5.41, 5.74) is 3.01. The number of nitrogens with zero attached hydrogens (tertiary/aromatic N) is 1. The number of amides is 1. The molecule has 1 N–H and O–H groups in total. The summed E-state index contributed by atoms with van der Waals surface area (Å²) in [6.07, 6.45) is 0. The van der Waals surface area contributed by atoms with Gasteiger partial charge in [-0.1, -0.05) is 23.7 Å². The monoisotopic (exact) mass is 300 g/mol. The number of fused-ring (bicyclic) bond motifs is 1. The number of ketones is 1. The summed E-state index contributed by atoms with van der Waals surface area (Å²) < 4.78 is 0. The van der Waals surface area contributed by atoms with E-state index in [0.29, 0.717) is 22.8 Å². The van der Waals surface area contributed by atoms with Crippen LogP contribution in [0.3, 0.4) is 0 Å². The summed E-state index contributed by atoms with van der Waals surface area (Å²) in [4.78, 5) is 24.9. The first-order valence-electron chi connectivity index (χ1n) is 6.50. The summed E-state index contributed by atoms with van der Waals surface area (Å²) in [6.45, 7) is 0.682. The van der Waals surface area contributed by atoms with Crippen LogP contribution in [0.4, 0.5) is 11.4 Å². The van der Waals surface area contributed by atoms with Crippen molar-refractivity contribution in [3.8, 4) is 0 Å². The zero-order chi connectivity index (χ0) is 15.0. The number of anilines is 2. The summed E-state index contributed by atoms with van der Waals surface area (Å²) in [5, 5.41) is 3.28. The number of carbonyl (C=O) groups is 2. The molecule has 1 heterocycles. The zero-order valence-corrected chi connectivity index (χ0v) is 12.1. The van der Waals surface area contributed by atoms with Gasteiger partial charge in [0.15, 0.2) is 0 Å². The van der Waals surface area contributed by atoms with Crippen molar-refractivity contribution in [2.24, 2.45) is 0 Å². The van der Waals surface area contributed by atoms with Gasteiger partial charge in [0, 0.05) is 24.3 Å². The van der Waals surface area contributed by atoms with Crippen LogP contribution in [0.15, 0.2) is 42.5 Å². The zero-order valence-electron chi connectivity index (χ0n) is 11.4. The predicted octanol–water partition coefficient (Wildman–Crippen LogP) is 3.11. The number of hydrogen-bond donors (Lipinski definition) is 1. The molecule has 0 unspecified atom stereocenters. The van der Waals surface area contributed by atoms with E-state index in [1.165, 1.54) is 0 Å². The molecule has 1 amide bonds. The lowest BCUT2D eigenvalue weighted by Crippen LogP contribution is -2.16. The van der Waals surface area contributed by atoms with Crippen LogP contribution in [0.1, 0.15) is 15.9 Å². The van der Waals surface area contributed by atoms with Crippen LogP contribution in [-0.4, -0.2) is 18.7 Å². The van der Waals surface area contributed by atoms with Gasteiger partial charge in [0.2, 0.25) is 0 Å². The van der Waals surface area contributed by atoms with Crippen LogP contribution < -0.4 is 10.2 Å². The molecule has 0 saturated heterocycles. The summed E-state index contributed by atoms with van der Waals surface area (Å²) in [7, 11) is 1.95. The van der Waals surface area contributed by atoms with Crippen LogP contribution >= 0.6 is 11.6 Å². The van der Waals surface area contributed by atoms with Crippen LogP contribution in [0, 0.1) is 0 Å². The van der Waals surface area contributed by atoms with E-state index in [0.717, 1.165) is 11.3 Å². The van der Waals surface area contributed by atoms with Crippen molar-refractivity contribution in [1.82, 2.24) is 0 Å². The van der Waals surface area contributed by atoms with E-state index in [9.17, 15) is 9.59 Å². The highest BCUT2D eigenvalue weighted by atomic mass is 35.5. The predicted molar refractivity (Wildman–Crippen MR) is 83.0 cm³/mol. The highest BCUT2D eigenvalue weighted by molar-refractivity contribution is 6.51. The Bertz CT molecular complexity index is 743. The minimum absolute atomic E-state index is 0.430. The molecule has 2 aromatic carbocycles. The Hall–Kier alpha value is -2.33. The van der Waals surface area contributed by atoms with E-state index < -0.39 is 11.7 Å². The minimum Gasteiger partial charge on any atom is -0.370 e. The maximum absolute atomic E-state index is 11.6. The Morgan fingerprint density at radius 2 is 1.95 bits per heavy atom. The molecule has 3 rings (SSSR count). The van der Waals surface area contributed by atoms with Gasteiger partial charge in [-0.2, -0.15) is 0 Å². The number of benzene rings is 2. The van der Waals surface area contributed by atoms with Crippen molar-refractivity contribution >= 4 is 34.7 Å². The average molecular weight is 301 g/mol. The number of nitrogens with one attached hydrogen (secondary N) is 1. The first kappa shape index (κ1) is 13.6. The second-order valence-electron chi connectivity index (χ2n) is 5.00. The molecular formula is C16H13ClN2O2. The fraction of sp³-hybridized carbons (Fsp3) is 0.125. The van der Waals surface area contributed by atoms with E-state index in [2.05, 4.69) is 5.32 Å². The van der Waals surface area contributed by atoms with Crippen LogP contribution in [0.2, 0.25) is 5.02 Å². The summed E-state index contributed by atoms with van der Waals surface area (Å²) in [5.74, 6) is -1.05. The Kier molecular flexibility index (Phi) is 3.39. The number of carbonyl (C=O) groups excluding carboxylic acids is 2. The van der Waals surface area contributed by atoms with Gasteiger partial charge in [-0.25, -0.2) is 0 Å². The molecule has 0 atom stereocenters. The van der Waals surface area contributed by atoms with Crippen LogP contribution in [0.25, 0.3) is 0 Å². The van der Waals surface area contributed by atoms with Crippen molar-refractivity contribution in [1.29, 1.82) is 0 Å². The van der Waals surface area contributed by atoms with Gasteiger partial charge in [0.1, 0.15) is 0 Å². The first-order valence-corrected chi connectivity index (χ1v) is 6.88. The Labute approximate surface area is 127 Å². The molecular weight excluding hydrogens is 288 g/mol. The van der Waals surface area contributed by atoms with E-state index in [1.54, 1.807) is 6.07 Å². The number of hydrogen-bond acceptors (Lipinski definition) is 3. The fourth-order valence-electron chi connectivity index (χ4n) is 2.37. The maximum Gasteiger partial charge on any atom is 0.296 e. The summed E-state index contributed by atoms with van der Waals surface area (Å²) >= 11 is 5.98. The van der Waals surface area contributed by atoms with Gasteiger partial charge in [-0.15, -0.1) is 0 Å². The number of halogens is 1. The van der Waals surface area contributed by atoms with Gasteiger partial charge in [0.25, 0.3) is 11.7 Å². The molecule has 0 aliphatic carbocycles. The van der Waals surface area contributed by atoms with Crippen molar-refractivity contribution in [3.63, 3.8) is 0 Å². The van der Waals surface area contributed by atoms with Crippen molar-refractivity contribution in [3.05, 3.63) is 58.6 Å². The molecule has 2 aromatic rings. The topological polar surface area (TPSA) is 49.4 Å². The maximum atomic E-state index is 11.6. The van der Waals surface area contributed by atoms with Crippen molar-refractivity contribution < 1.29 is 9.59 Å². The van der Waals surface area contributed by atoms with E-state index in [-0.39, 0.29) is 0 Å². The van der Waals surface area contributed by atoms with Gasteiger partial charge in [0.05, 0.1) is 11.3 Å². The molecule has 1 aliphatic rings. The Morgan fingerprint density at radius 3 is 2.71 bits per heavy atom. The third-order valence-corrected chi connectivity index (χ3v) is 3.69. The van der Waals surface area contributed by atoms with Crippen LogP contribution in [0.5, 0.6) is 0 Å². The summed E-state index contributed by atoms with van der Waals surface area (Å²) in [6, 6.07) is 13.0. The van der Waals surface area contributed by atoms with E-state index in [4.69, 9.17) is 11.6 Å². The highest BCUT2D eigenvalue weighted by Gasteiger charge is 2.28. The van der Waals surface area contributed by atoms with Gasteiger partial charge >= 0.3 is 0 Å². The molecule has 5 heteroatoms. The van der Waals surface area contributed by atoms with Gasteiger partial charge in [-0.3, -0.25) is 9.59 Å². The fourth-order valence-corrected chi connectivity index (χ4v) is 2.59. The molecule has 21 heavy (non-hydrogen) atoms. The van der Waals surface area contributed by atoms with Crippen molar-refractivity contribution in [2.45, 2.75) is 6.54 Å². The Balaban J connectivity index is 1.83. The van der Waals surface area contributed by atoms with E-state index in [1.807, 2.05) is 48.3 Å². The molecule has 106 valence electrons. The van der Waals surface area contributed by atoms with E-state index >= 15 is 0 Å². The molecule has 0 saturated carbocycles. The highest BCUT2D eigenvalue weighted by Crippen LogP contribution is 2.28. The minimum atomic E-state index is -0.570. The Morgan fingerprint density at radius 1 is 1.14 bits per heavy atom. The second kappa shape index (κ2) is 5.22. The van der Waals surface area contributed by atoms with Crippen molar-refractivity contribution in [2.75, 3.05) is 17.3 Å². The normalized spacial score (nSPS) is 13.0. The smallest absolute Gasteiger partial charge is 0.296 e. The third kappa shape index (κ3) is 2.62. The van der Waals surface area contributed by atoms with Gasteiger partial charge in [-0.05, 0) is 35.9 Å². The quantitative estimate of drug-likeness (QED) is 0.886. The largest absolute Gasteiger partial charge is 0.370 e. The second-order valence-corrected chi connectivity index (χ2v) is 5.44. The first-order chi connectivity index (χ1) is 10.0. The number of rotatable bonds is 3. The SMILES string of the molecule is CN(Cc1cccc(Cl)c1)c1ccc2c(c1)NC(=O)C2=O. The standard InChI is InChI=1S/C16H13ClN2O2/c1-19(9-10-3-2-4-11(17)7-10)12-5-6-13-14(8-12)18-16(21)15(13)20/h2-8H,9H2,1H3,(H,18,20,21). The van der Waals surface area contributed by atoms with Gasteiger partial charge < -0.3 is 10.2 Å². The molecule has 4 nitrogen and oxygen atoms in total. The molecule has 0 aromatic heterocycles. The molecule has 0 spiro atoms. The third-order valence-electron chi connectivity index (χ3n) is 3.45. The average Bonchev–Trinajstić information content (AvgIpc) is 2.73.